The Hall–Kier alpha value is -2.66. The number of cyclic esters (lactones) is 1. The Morgan fingerprint density at radius 3 is 2.68 bits per heavy atom. The van der Waals surface area contributed by atoms with Gasteiger partial charge in [0.2, 0.25) is 0 Å². The van der Waals surface area contributed by atoms with E-state index in [1.54, 1.807) is 12.1 Å². The average Bonchev–Trinajstić information content (AvgIpc) is 3.03. The number of ether oxygens (including phenoxy) is 2. The standard InChI is InChI=1S/C23H23NO4/c1-14-21-20(23(26)27-14)19(28-22(25)16-8-3-2-4-9-16)13-18-17-10-6-5-7-15(17)11-12-24(18)21/h2-10,14,18-21H,11-13H2,1H3/p+1/t14-,18+,19-,20-,21-/m1/s1. The maximum atomic E-state index is 12.7. The van der Waals surface area contributed by atoms with Crippen LogP contribution >= 0.6 is 0 Å². The molecule has 0 radical (unpaired) electrons. The van der Waals surface area contributed by atoms with Crippen molar-refractivity contribution in [1.29, 1.82) is 0 Å². The summed E-state index contributed by atoms with van der Waals surface area (Å²) in [5.41, 5.74) is 3.19. The normalized spacial score (nSPS) is 33.2. The zero-order valence-electron chi connectivity index (χ0n) is 15.8. The van der Waals surface area contributed by atoms with E-state index >= 15 is 0 Å². The quantitative estimate of drug-likeness (QED) is 0.809. The highest BCUT2D eigenvalue weighted by atomic mass is 16.6. The van der Waals surface area contributed by atoms with Crippen LogP contribution in [0.5, 0.6) is 0 Å². The molecule has 144 valence electrons. The van der Waals surface area contributed by atoms with E-state index < -0.39 is 6.10 Å². The van der Waals surface area contributed by atoms with Crippen molar-refractivity contribution >= 4 is 11.9 Å². The Morgan fingerprint density at radius 1 is 1.11 bits per heavy atom. The lowest BCUT2D eigenvalue weighted by Crippen LogP contribution is -3.20. The van der Waals surface area contributed by atoms with Gasteiger partial charge in [-0.3, -0.25) is 4.79 Å². The van der Waals surface area contributed by atoms with Crippen molar-refractivity contribution in [3.05, 3.63) is 71.3 Å². The Bertz CT molecular complexity index is 912. The molecule has 6 atom stereocenters. The summed E-state index contributed by atoms with van der Waals surface area (Å²) >= 11 is 0. The first-order valence-electron chi connectivity index (χ1n) is 10.0. The fourth-order valence-corrected chi connectivity index (χ4v) is 5.40. The van der Waals surface area contributed by atoms with Crippen LogP contribution in [-0.4, -0.2) is 36.7 Å². The molecule has 5 rings (SSSR count). The van der Waals surface area contributed by atoms with E-state index in [0.29, 0.717) is 12.0 Å². The van der Waals surface area contributed by atoms with Gasteiger partial charge in [0.1, 0.15) is 24.1 Å². The lowest BCUT2D eigenvalue weighted by Gasteiger charge is -2.45. The van der Waals surface area contributed by atoms with Crippen molar-refractivity contribution in [3.63, 3.8) is 0 Å². The fourth-order valence-electron chi connectivity index (χ4n) is 5.40. The fraction of sp³-hybridized carbons (Fsp3) is 0.391. The van der Waals surface area contributed by atoms with Gasteiger partial charge in [0, 0.05) is 18.4 Å². The van der Waals surface area contributed by atoms with Gasteiger partial charge in [0.25, 0.3) is 0 Å². The second-order valence-corrected chi connectivity index (χ2v) is 8.07. The number of esters is 2. The second kappa shape index (κ2) is 6.74. The van der Waals surface area contributed by atoms with Crippen LogP contribution in [0.15, 0.2) is 54.6 Å². The van der Waals surface area contributed by atoms with Gasteiger partial charge < -0.3 is 14.4 Å². The van der Waals surface area contributed by atoms with Gasteiger partial charge in [0.05, 0.1) is 12.1 Å². The number of carbonyl (C=O) groups is 2. The second-order valence-electron chi connectivity index (χ2n) is 8.07. The molecule has 2 aromatic carbocycles. The summed E-state index contributed by atoms with van der Waals surface area (Å²) in [6.45, 7) is 2.94. The van der Waals surface area contributed by atoms with Crippen LogP contribution in [0, 0.1) is 5.92 Å². The number of carbonyl (C=O) groups excluding carboxylic acids is 2. The average molecular weight is 378 g/mol. The van der Waals surface area contributed by atoms with Crippen molar-refractivity contribution in [2.75, 3.05) is 6.54 Å². The summed E-state index contributed by atoms with van der Waals surface area (Å²) in [6.07, 6.45) is 1.02. The molecule has 5 nitrogen and oxygen atoms in total. The van der Waals surface area contributed by atoms with Crippen LogP contribution in [0.4, 0.5) is 0 Å². The molecular formula is C23H24NO4+. The molecule has 3 aliphatic heterocycles. The summed E-state index contributed by atoms with van der Waals surface area (Å²) < 4.78 is 11.5. The smallest absolute Gasteiger partial charge is 0.338 e. The highest BCUT2D eigenvalue weighted by molar-refractivity contribution is 5.89. The predicted molar refractivity (Wildman–Crippen MR) is 102 cm³/mol. The molecule has 3 aliphatic rings. The first-order valence-corrected chi connectivity index (χ1v) is 10.0. The molecule has 0 saturated carbocycles. The van der Waals surface area contributed by atoms with E-state index in [4.69, 9.17) is 9.47 Å². The van der Waals surface area contributed by atoms with Crippen LogP contribution in [0.2, 0.25) is 0 Å². The Kier molecular flexibility index (Phi) is 4.20. The topological polar surface area (TPSA) is 57.0 Å². The van der Waals surface area contributed by atoms with E-state index in [1.807, 2.05) is 25.1 Å². The Balaban J connectivity index is 1.49. The number of piperidine rings is 1. The van der Waals surface area contributed by atoms with Crippen molar-refractivity contribution in [2.24, 2.45) is 5.92 Å². The summed E-state index contributed by atoms with van der Waals surface area (Å²) in [6, 6.07) is 17.7. The Labute approximate surface area is 164 Å². The van der Waals surface area contributed by atoms with E-state index in [-0.39, 0.29) is 36.0 Å². The largest absolute Gasteiger partial charge is 0.457 e. The molecule has 1 N–H and O–H groups in total. The minimum absolute atomic E-state index is 0.0215. The van der Waals surface area contributed by atoms with E-state index in [9.17, 15) is 9.59 Å². The monoisotopic (exact) mass is 378 g/mol. The van der Waals surface area contributed by atoms with Gasteiger partial charge in [-0.05, 0) is 24.6 Å². The third-order valence-corrected chi connectivity index (χ3v) is 6.59. The Morgan fingerprint density at radius 2 is 1.86 bits per heavy atom. The third-order valence-electron chi connectivity index (χ3n) is 6.59. The number of benzene rings is 2. The van der Waals surface area contributed by atoms with Crippen LogP contribution < -0.4 is 4.90 Å². The minimum atomic E-state index is -0.463. The maximum Gasteiger partial charge on any atom is 0.338 e. The molecule has 3 heterocycles. The summed E-state index contributed by atoms with van der Waals surface area (Å²) in [5.74, 6) is -0.989. The zero-order valence-corrected chi connectivity index (χ0v) is 15.8. The van der Waals surface area contributed by atoms with Crippen molar-refractivity contribution in [1.82, 2.24) is 0 Å². The molecule has 0 spiro atoms. The van der Waals surface area contributed by atoms with Gasteiger partial charge in [-0.15, -0.1) is 0 Å². The number of quaternary nitrogens is 1. The summed E-state index contributed by atoms with van der Waals surface area (Å²) in [4.78, 5) is 26.8. The van der Waals surface area contributed by atoms with Crippen molar-refractivity contribution < 1.29 is 24.0 Å². The maximum absolute atomic E-state index is 12.7. The molecule has 0 amide bonds. The molecule has 28 heavy (non-hydrogen) atoms. The van der Waals surface area contributed by atoms with Crippen molar-refractivity contribution in [3.8, 4) is 0 Å². The first kappa shape index (κ1) is 17.4. The van der Waals surface area contributed by atoms with Crippen LogP contribution in [-0.2, 0) is 20.7 Å². The van der Waals surface area contributed by atoms with Crippen molar-refractivity contribution in [2.45, 2.75) is 44.1 Å². The number of fused-ring (bicyclic) bond motifs is 5. The molecule has 1 unspecified atom stereocenters. The van der Waals surface area contributed by atoms with Gasteiger partial charge in [-0.25, -0.2) is 4.79 Å². The number of hydrogen-bond donors (Lipinski definition) is 1. The summed E-state index contributed by atoms with van der Waals surface area (Å²) in [5, 5.41) is 0. The third kappa shape index (κ3) is 2.73. The van der Waals surface area contributed by atoms with Gasteiger partial charge in [-0.2, -0.15) is 0 Å². The molecule has 2 saturated heterocycles. The molecule has 5 heteroatoms. The lowest BCUT2D eigenvalue weighted by atomic mass is 9.77. The van der Waals surface area contributed by atoms with E-state index in [0.717, 1.165) is 13.0 Å². The van der Waals surface area contributed by atoms with Gasteiger partial charge >= 0.3 is 11.9 Å². The van der Waals surface area contributed by atoms with Crippen LogP contribution in [0.1, 0.15) is 40.9 Å². The van der Waals surface area contributed by atoms with Gasteiger partial charge in [0.15, 0.2) is 6.10 Å². The molecule has 0 bridgehead atoms. The van der Waals surface area contributed by atoms with Crippen LogP contribution in [0.3, 0.4) is 0 Å². The summed E-state index contributed by atoms with van der Waals surface area (Å²) in [7, 11) is 0. The molecular weight excluding hydrogens is 354 g/mol. The van der Waals surface area contributed by atoms with E-state index in [2.05, 4.69) is 24.3 Å². The number of rotatable bonds is 2. The van der Waals surface area contributed by atoms with Crippen LogP contribution in [0.25, 0.3) is 0 Å². The molecule has 2 aromatic rings. The first-order chi connectivity index (χ1) is 13.6. The lowest BCUT2D eigenvalue weighted by molar-refractivity contribution is -0.968. The molecule has 0 aromatic heterocycles. The SMILES string of the molecule is C[C@H]1OC(=O)[C@H]2[C@@H]1[NH+]1CCc3ccccc3[C@@H]1C[C@H]2OC(=O)c1ccccc1. The zero-order chi connectivity index (χ0) is 19.3. The highest BCUT2D eigenvalue weighted by Gasteiger charge is 2.60. The van der Waals surface area contributed by atoms with Gasteiger partial charge in [-0.1, -0.05) is 42.5 Å². The van der Waals surface area contributed by atoms with E-state index in [1.165, 1.54) is 16.0 Å². The highest BCUT2D eigenvalue weighted by Crippen LogP contribution is 2.37. The number of hydrogen-bond acceptors (Lipinski definition) is 4. The molecule has 2 fully saturated rings. The molecule has 0 aliphatic carbocycles. The predicted octanol–water partition coefficient (Wildman–Crippen LogP) is 1.73. The number of nitrogens with one attached hydrogen (secondary N) is 1. The minimum Gasteiger partial charge on any atom is -0.457 e.